The molecule has 1 fully saturated rings. The third-order valence-corrected chi connectivity index (χ3v) is 3.47. The predicted molar refractivity (Wildman–Crippen MR) is 80.7 cm³/mol. The molecule has 4 nitrogen and oxygen atoms in total. The van der Waals surface area contributed by atoms with Crippen molar-refractivity contribution >= 4 is 11.9 Å². The van der Waals surface area contributed by atoms with E-state index in [9.17, 15) is 9.59 Å². The number of carbonyl (C=O) groups excluding carboxylic acids is 2. The number of hydrogen-bond donors (Lipinski definition) is 1. The highest BCUT2D eigenvalue weighted by molar-refractivity contribution is 5.88. The first kappa shape index (κ1) is 15.5. The average molecular weight is 289 g/mol. The SMILES string of the molecule is C[C@H](NC(=O)C1CC1c1ccccc1)C(=O)OC(C)(C)C. The summed E-state index contributed by atoms with van der Waals surface area (Å²) in [5.74, 6) is -0.218. The van der Waals surface area contributed by atoms with Crippen molar-refractivity contribution in [2.24, 2.45) is 5.92 Å². The minimum atomic E-state index is -0.617. The van der Waals surface area contributed by atoms with Gasteiger partial charge in [-0.1, -0.05) is 30.3 Å². The van der Waals surface area contributed by atoms with Crippen molar-refractivity contribution in [2.75, 3.05) is 0 Å². The fourth-order valence-electron chi connectivity index (χ4n) is 2.32. The van der Waals surface area contributed by atoms with Crippen molar-refractivity contribution in [1.29, 1.82) is 0 Å². The maximum Gasteiger partial charge on any atom is 0.328 e. The van der Waals surface area contributed by atoms with Crippen molar-refractivity contribution in [1.82, 2.24) is 5.32 Å². The number of benzene rings is 1. The summed E-state index contributed by atoms with van der Waals surface area (Å²) in [6.07, 6.45) is 0.844. The zero-order valence-corrected chi connectivity index (χ0v) is 13.1. The van der Waals surface area contributed by atoms with Crippen molar-refractivity contribution in [3.8, 4) is 0 Å². The molecular formula is C17H23NO3. The second-order valence-electron chi connectivity index (χ2n) is 6.62. The Balaban J connectivity index is 1.85. The molecule has 1 aliphatic rings. The number of ether oxygens (including phenoxy) is 1. The molecule has 3 atom stereocenters. The van der Waals surface area contributed by atoms with E-state index in [2.05, 4.69) is 5.32 Å². The molecule has 0 aliphatic heterocycles. The standard InChI is InChI=1S/C17H23NO3/c1-11(16(20)21-17(2,3)4)18-15(19)14-10-13(14)12-8-6-5-7-9-12/h5-9,11,13-14H,10H2,1-4H3,(H,18,19)/t11-,13?,14?/m0/s1. The molecule has 114 valence electrons. The summed E-state index contributed by atoms with van der Waals surface area (Å²) in [5.41, 5.74) is 0.643. The van der Waals surface area contributed by atoms with Crippen LogP contribution in [0.25, 0.3) is 0 Å². The van der Waals surface area contributed by atoms with E-state index in [0.717, 1.165) is 6.42 Å². The molecule has 0 heterocycles. The Morgan fingerprint density at radius 2 is 1.86 bits per heavy atom. The number of hydrogen-bond acceptors (Lipinski definition) is 3. The predicted octanol–water partition coefficient (Wildman–Crippen LogP) is 2.64. The van der Waals surface area contributed by atoms with Crippen LogP contribution in [0, 0.1) is 5.92 Å². The van der Waals surface area contributed by atoms with Gasteiger partial charge < -0.3 is 10.1 Å². The smallest absolute Gasteiger partial charge is 0.328 e. The molecule has 4 heteroatoms. The van der Waals surface area contributed by atoms with E-state index in [-0.39, 0.29) is 17.7 Å². The highest BCUT2D eigenvalue weighted by Crippen LogP contribution is 2.47. The Hall–Kier alpha value is -1.84. The number of nitrogens with one attached hydrogen (secondary N) is 1. The van der Waals surface area contributed by atoms with Gasteiger partial charge >= 0.3 is 5.97 Å². The molecule has 1 aliphatic carbocycles. The zero-order chi connectivity index (χ0) is 15.6. The molecule has 2 rings (SSSR count). The van der Waals surface area contributed by atoms with Gasteiger partial charge in [-0.3, -0.25) is 4.79 Å². The van der Waals surface area contributed by atoms with Gasteiger partial charge in [-0.2, -0.15) is 0 Å². The monoisotopic (exact) mass is 289 g/mol. The summed E-state index contributed by atoms with van der Waals surface area (Å²) >= 11 is 0. The third kappa shape index (κ3) is 4.31. The van der Waals surface area contributed by atoms with Crippen LogP contribution in [-0.2, 0) is 14.3 Å². The second kappa shape index (κ2) is 5.88. The molecule has 0 bridgehead atoms. The number of amides is 1. The van der Waals surface area contributed by atoms with Gasteiger partial charge in [-0.05, 0) is 45.6 Å². The van der Waals surface area contributed by atoms with Gasteiger partial charge in [0.25, 0.3) is 0 Å². The normalized spacial score (nSPS) is 22.3. The van der Waals surface area contributed by atoms with E-state index in [1.54, 1.807) is 6.92 Å². The third-order valence-electron chi connectivity index (χ3n) is 3.47. The summed E-state index contributed by atoms with van der Waals surface area (Å²) in [5, 5.41) is 2.75. The highest BCUT2D eigenvalue weighted by atomic mass is 16.6. The average Bonchev–Trinajstić information content (AvgIpc) is 3.18. The van der Waals surface area contributed by atoms with E-state index in [1.165, 1.54) is 5.56 Å². The fraction of sp³-hybridized carbons (Fsp3) is 0.529. The Kier molecular flexibility index (Phi) is 4.35. The van der Waals surface area contributed by atoms with Crippen molar-refractivity contribution in [2.45, 2.75) is 51.7 Å². The molecule has 21 heavy (non-hydrogen) atoms. The summed E-state index contributed by atoms with van der Waals surface area (Å²) in [7, 11) is 0. The summed E-state index contributed by atoms with van der Waals surface area (Å²) in [6, 6.07) is 9.38. The molecule has 0 spiro atoms. The first-order chi connectivity index (χ1) is 9.78. The maximum absolute atomic E-state index is 12.2. The second-order valence-corrected chi connectivity index (χ2v) is 6.62. The molecule has 0 aromatic heterocycles. The summed E-state index contributed by atoms with van der Waals surface area (Å²) < 4.78 is 5.26. The molecular weight excluding hydrogens is 266 g/mol. The molecule has 1 aromatic carbocycles. The zero-order valence-electron chi connectivity index (χ0n) is 13.1. The number of rotatable bonds is 4. The Morgan fingerprint density at radius 1 is 1.24 bits per heavy atom. The summed E-state index contributed by atoms with van der Waals surface area (Å²) in [4.78, 5) is 24.0. The Morgan fingerprint density at radius 3 is 2.43 bits per heavy atom. The lowest BCUT2D eigenvalue weighted by Gasteiger charge is -2.22. The van der Waals surface area contributed by atoms with Gasteiger partial charge in [0.05, 0.1) is 0 Å². The Labute approximate surface area is 125 Å². The van der Waals surface area contributed by atoms with Gasteiger partial charge in [0, 0.05) is 5.92 Å². The van der Waals surface area contributed by atoms with Crippen LogP contribution in [0.3, 0.4) is 0 Å². The lowest BCUT2D eigenvalue weighted by atomic mass is 10.1. The van der Waals surface area contributed by atoms with E-state index >= 15 is 0 Å². The summed E-state index contributed by atoms with van der Waals surface area (Å²) in [6.45, 7) is 7.09. The van der Waals surface area contributed by atoms with Gasteiger partial charge in [0.15, 0.2) is 0 Å². The molecule has 1 amide bonds. The lowest BCUT2D eigenvalue weighted by Crippen LogP contribution is -2.42. The maximum atomic E-state index is 12.2. The van der Waals surface area contributed by atoms with E-state index in [4.69, 9.17) is 4.74 Å². The largest absolute Gasteiger partial charge is 0.458 e. The lowest BCUT2D eigenvalue weighted by molar-refractivity contribution is -0.158. The number of esters is 1. The molecule has 2 unspecified atom stereocenters. The van der Waals surface area contributed by atoms with Crippen molar-refractivity contribution in [3.05, 3.63) is 35.9 Å². The molecule has 1 aromatic rings. The topological polar surface area (TPSA) is 55.4 Å². The molecule has 1 N–H and O–H groups in total. The van der Waals surface area contributed by atoms with Gasteiger partial charge in [-0.15, -0.1) is 0 Å². The van der Waals surface area contributed by atoms with Crippen LogP contribution in [0.1, 0.15) is 45.6 Å². The van der Waals surface area contributed by atoms with Crippen LogP contribution < -0.4 is 5.32 Å². The van der Waals surface area contributed by atoms with Crippen LogP contribution >= 0.6 is 0 Å². The number of carbonyl (C=O) groups is 2. The molecule has 0 radical (unpaired) electrons. The minimum absolute atomic E-state index is 0.0303. The highest BCUT2D eigenvalue weighted by Gasteiger charge is 2.44. The van der Waals surface area contributed by atoms with Crippen molar-refractivity contribution in [3.63, 3.8) is 0 Å². The van der Waals surface area contributed by atoms with E-state index in [0.29, 0.717) is 0 Å². The Bertz CT molecular complexity index is 519. The molecule has 0 saturated heterocycles. The van der Waals surface area contributed by atoms with Gasteiger partial charge in [0.1, 0.15) is 11.6 Å². The minimum Gasteiger partial charge on any atom is -0.458 e. The first-order valence-electron chi connectivity index (χ1n) is 7.36. The van der Waals surface area contributed by atoms with Crippen LogP contribution in [-0.4, -0.2) is 23.5 Å². The van der Waals surface area contributed by atoms with Gasteiger partial charge in [0.2, 0.25) is 5.91 Å². The van der Waals surface area contributed by atoms with E-state index in [1.807, 2.05) is 51.1 Å². The van der Waals surface area contributed by atoms with Crippen LogP contribution in [0.4, 0.5) is 0 Å². The van der Waals surface area contributed by atoms with Crippen LogP contribution in [0.5, 0.6) is 0 Å². The molecule has 1 saturated carbocycles. The first-order valence-corrected chi connectivity index (χ1v) is 7.36. The van der Waals surface area contributed by atoms with Crippen LogP contribution in [0.15, 0.2) is 30.3 Å². The van der Waals surface area contributed by atoms with Gasteiger partial charge in [-0.25, -0.2) is 4.79 Å². The van der Waals surface area contributed by atoms with E-state index < -0.39 is 17.6 Å². The quantitative estimate of drug-likeness (QED) is 0.867. The van der Waals surface area contributed by atoms with Crippen molar-refractivity contribution < 1.29 is 14.3 Å². The fourth-order valence-corrected chi connectivity index (χ4v) is 2.32. The van der Waals surface area contributed by atoms with Crippen LogP contribution in [0.2, 0.25) is 0 Å².